The normalized spacial score (nSPS) is 18.0. The second kappa shape index (κ2) is 7.89. The van der Waals surface area contributed by atoms with Crippen molar-refractivity contribution in [1.82, 2.24) is 9.36 Å². The number of nitrogens with zero attached hydrogens (tertiary/aromatic N) is 2. The fraction of sp³-hybridized carbons (Fsp3) is 0.300. The molecule has 0 spiro atoms. The van der Waals surface area contributed by atoms with Crippen molar-refractivity contribution in [3.05, 3.63) is 64.4 Å². The second-order valence-corrected chi connectivity index (χ2v) is 10.8. The summed E-state index contributed by atoms with van der Waals surface area (Å²) in [5.41, 5.74) is -0.388. The van der Waals surface area contributed by atoms with Crippen molar-refractivity contribution < 1.29 is 26.3 Å². The van der Waals surface area contributed by atoms with Crippen molar-refractivity contribution in [3.63, 3.8) is 0 Å². The van der Waals surface area contributed by atoms with E-state index in [9.17, 15) is 21.6 Å². The first-order valence-electron chi connectivity index (χ1n) is 9.35. The van der Waals surface area contributed by atoms with Crippen molar-refractivity contribution >= 4 is 38.3 Å². The number of hydrogen-bond acceptors (Lipinski definition) is 6. The number of benzene rings is 2. The highest BCUT2D eigenvalue weighted by Crippen LogP contribution is 2.47. The topological polar surface area (TPSA) is 81.2 Å². The molecule has 1 aromatic heterocycles. The van der Waals surface area contributed by atoms with Gasteiger partial charge in [0.05, 0.1) is 10.5 Å². The molecule has 170 valence electrons. The Morgan fingerprint density at radius 3 is 2.53 bits per heavy atom. The molecule has 0 bridgehead atoms. The Labute approximate surface area is 191 Å². The van der Waals surface area contributed by atoms with E-state index in [2.05, 4.69) is 14.1 Å². The number of ether oxygens (including phenoxy) is 1. The molecule has 6 nitrogen and oxygen atoms in total. The van der Waals surface area contributed by atoms with Gasteiger partial charge < -0.3 is 4.74 Å². The van der Waals surface area contributed by atoms with Crippen LogP contribution in [0, 0.1) is 0 Å². The van der Waals surface area contributed by atoms with E-state index in [-0.39, 0.29) is 21.0 Å². The summed E-state index contributed by atoms with van der Waals surface area (Å²) < 4.78 is 76.7. The number of anilines is 1. The third kappa shape index (κ3) is 4.55. The van der Waals surface area contributed by atoms with Crippen LogP contribution >= 0.6 is 23.1 Å². The lowest BCUT2D eigenvalue weighted by atomic mass is 9.80. The molecule has 1 atom stereocenters. The van der Waals surface area contributed by atoms with Gasteiger partial charge >= 0.3 is 6.18 Å². The molecule has 1 unspecified atom stereocenters. The summed E-state index contributed by atoms with van der Waals surface area (Å²) in [4.78, 5) is 3.77. The number of fused-ring (bicyclic) bond motifs is 1. The minimum absolute atomic E-state index is 0.0110. The van der Waals surface area contributed by atoms with Gasteiger partial charge in [0.2, 0.25) is 5.13 Å². The number of rotatable bonds is 4. The summed E-state index contributed by atoms with van der Waals surface area (Å²) in [7, 11) is -3.94. The van der Waals surface area contributed by atoms with Gasteiger partial charge in [-0.15, -0.1) is 0 Å². The Bertz CT molecular complexity index is 1260. The van der Waals surface area contributed by atoms with E-state index in [4.69, 9.17) is 16.3 Å². The zero-order valence-electron chi connectivity index (χ0n) is 16.8. The standard InChI is InChI=1S/C20H17ClF3N3O3S2/c1-19(2)9-15(13-5-3-11(7-16(13)21)20(22,23)24)14-6-4-12(8-17(14)30-19)32(28,29)27-18-25-10-26-31-18/h3-8,10,15H,9H2,1-2H3,(H,25,26,27). The van der Waals surface area contributed by atoms with Gasteiger partial charge in [0.25, 0.3) is 10.0 Å². The van der Waals surface area contributed by atoms with Crippen molar-refractivity contribution in [2.45, 2.75) is 42.9 Å². The molecule has 0 radical (unpaired) electrons. The van der Waals surface area contributed by atoms with Crippen LogP contribution in [0.3, 0.4) is 0 Å². The molecule has 2 aromatic carbocycles. The molecule has 32 heavy (non-hydrogen) atoms. The summed E-state index contributed by atoms with van der Waals surface area (Å²) in [6.07, 6.45) is -2.82. The smallest absolute Gasteiger partial charge is 0.416 e. The van der Waals surface area contributed by atoms with E-state index in [1.807, 2.05) is 13.8 Å². The van der Waals surface area contributed by atoms with Gasteiger partial charge in [-0.3, -0.25) is 4.72 Å². The van der Waals surface area contributed by atoms with Crippen molar-refractivity contribution in [2.24, 2.45) is 0 Å². The maximum atomic E-state index is 13.0. The third-order valence-corrected chi connectivity index (χ3v) is 7.41. The lowest BCUT2D eigenvalue weighted by Gasteiger charge is -2.38. The van der Waals surface area contributed by atoms with Crippen LogP contribution in [-0.2, 0) is 16.2 Å². The summed E-state index contributed by atoms with van der Waals surface area (Å²) in [6.45, 7) is 3.64. The quantitative estimate of drug-likeness (QED) is 0.493. The lowest BCUT2D eigenvalue weighted by Crippen LogP contribution is -2.35. The zero-order chi connectivity index (χ0) is 23.3. The number of nitrogens with one attached hydrogen (secondary N) is 1. The number of sulfonamides is 1. The van der Waals surface area contributed by atoms with E-state index < -0.39 is 27.4 Å². The zero-order valence-corrected chi connectivity index (χ0v) is 19.2. The number of alkyl halides is 3. The molecule has 12 heteroatoms. The highest BCUT2D eigenvalue weighted by Gasteiger charge is 2.37. The van der Waals surface area contributed by atoms with Gasteiger partial charge in [0.1, 0.15) is 17.7 Å². The molecule has 1 aliphatic heterocycles. The first-order chi connectivity index (χ1) is 14.9. The van der Waals surface area contributed by atoms with Gasteiger partial charge in [-0.1, -0.05) is 23.7 Å². The number of halogens is 4. The van der Waals surface area contributed by atoms with E-state index in [1.165, 1.54) is 24.5 Å². The first kappa shape index (κ1) is 22.8. The van der Waals surface area contributed by atoms with Crippen LogP contribution in [-0.4, -0.2) is 23.4 Å². The average molecular weight is 504 g/mol. The maximum absolute atomic E-state index is 13.0. The Morgan fingerprint density at radius 2 is 1.91 bits per heavy atom. The Hall–Kier alpha value is -2.37. The summed E-state index contributed by atoms with van der Waals surface area (Å²) in [6, 6.07) is 7.66. The molecule has 0 fully saturated rings. The lowest BCUT2D eigenvalue weighted by molar-refractivity contribution is -0.137. The predicted molar refractivity (Wildman–Crippen MR) is 115 cm³/mol. The maximum Gasteiger partial charge on any atom is 0.416 e. The number of hydrogen-bond donors (Lipinski definition) is 1. The van der Waals surface area contributed by atoms with Gasteiger partial charge in [-0.2, -0.15) is 17.5 Å². The van der Waals surface area contributed by atoms with Crippen LogP contribution in [0.1, 0.15) is 42.9 Å². The van der Waals surface area contributed by atoms with Crippen LogP contribution in [0.4, 0.5) is 18.3 Å². The third-order valence-electron chi connectivity index (χ3n) is 5.04. The van der Waals surface area contributed by atoms with Crippen molar-refractivity contribution in [3.8, 4) is 5.75 Å². The fourth-order valence-electron chi connectivity index (χ4n) is 3.65. The molecule has 1 N–H and O–H groups in total. The summed E-state index contributed by atoms with van der Waals surface area (Å²) >= 11 is 7.15. The van der Waals surface area contributed by atoms with Crippen LogP contribution in [0.5, 0.6) is 5.75 Å². The highest BCUT2D eigenvalue weighted by molar-refractivity contribution is 7.93. The largest absolute Gasteiger partial charge is 0.487 e. The number of aromatic nitrogens is 2. The summed E-state index contributed by atoms with van der Waals surface area (Å²) in [5, 5.41) is 0.112. The van der Waals surface area contributed by atoms with E-state index in [1.54, 1.807) is 6.07 Å². The Balaban J connectivity index is 1.75. The molecule has 0 saturated heterocycles. The Kier molecular flexibility index (Phi) is 5.62. The van der Waals surface area contributed by atoms with E-state index in [0.717, 1.165) is 23.7 Å². The molecule has 0 saturated carbocycles. The van der Waals surface area contributed by atoms with Gasteiger partial charge in [0, 0.05) is 34.1 Å². The molecule has 0 amide bonds. The highest BCUT2D eigenvalue weighted by atomic mass is 35.5. The van der Waals surface area contributed by atoms with Gasteiger partial charge in [-0.25, -0.2) is 13.4 Å². The van der Waals surface area contributed by atoms with Gasteiger partial charge in [-0.05, 0) is 44.0 Å². The molecular weight excluding hydrogens is 487 g/mol. The first-order valence-corrected chi connectivity index (χ1v) is 12.0. The molecule has 4 rings (SSSR count). The SMILES string of the molecule is CC1(C)CC(c2ccc(C(F)(F)F)cc2Cl)c2ccc(S(=O)(=O)Nc3ncns3)cc2O1. The van der Waals surface area contributed by atoms with Crippen molar-refractivity contribution in [1.29, 1.82) is 0 Å². The molecule has 0 aliphatic carbocycles. The van der Waals surface area contributed by atoms with E-state index >= 15 is 0 Å². The fourth-order valence-corrected chi connectivity index (χ4v) is 5.64. The minimum Gasteiger partial charge on any atom is -0.487 e. The van der Waals surface area contributed by atoms with Crippen LogP contribution in [0.2, 0.25) is 5.02 Å². The van der Waals surface area contributed by atoms with Crippen LogP contribution < -0.4 is 9.46 Å². The second-order valence-electron chi connectivity index (χ2n) is 7.90. The summed E-state index contributed by atoms with van der Waals surface area (Å²) in [5.74, 6) is -0.0567. The van der Waals surface area contributed by atoms with Crippen LogP contribution in [0.15, 0.2) is 47.6 Å². The molecule has 3 aromatic rings. The van der Waals surface area contributed by atoms with Gasteiger partial charge in [0.15, 0.2) is 0 Å². The van der Waals surface area contributed by atoms with Crippen LogP contribution in [0.25, 0.3) is 0 Å². The monoisotopic (exact) mass is 503 g/mol. The Morgan fingerprint density at radius 1 is 1.19 bits per heavy atom. The molecule has 2 heterocycles. The predicted octanol–water partition coefficient (Wildman–Crippen LogP) is 5.70. The molecule has 1 aliphatic rings. The minimum atomic E-state index is -4.50. The average Bonchev–Trinajstić information content (AvgIpc) is 3.17. The molecular formula is C20H17ClF3N3O3S2. The van der Waals surface area contributed by atoms with E-state index in [0.29, 0.717) is 23.3 Å². The van der Waals surface area contributed by atoms with Crippen molar-refractivity contribution in [2.75, 3.05) is 4.72 Å².